The number of ether oxygens (including phenoxy) is 2. The molecule has 4 aromatic carbocycles. The molecule has 0 aliphatic carbocycles. The zero-order chi connectivity index (χ0) is 39.2. The van der Waals surface area contributed by atoms with Gasteiger partial charge in [-0.15, -0.1) is 0 Å². The van der Waals surface area contributed by atoms with Crippen LogP contribution in [-0.2, 0) is 31.9 Å². The van der Waals surface area contributed by atoms with Crippen LogP contribution in [0.1, 0.15) is 66.0 Å². The smallest absolute Gasteiger partial charge is 0.417 e. The lowest BCUT2D eigenvalue weighted by atomic mass is 9.99. The summed E-state index contributed by atoms with van der Waals surface area (Å²) in [5.74, 6) is -0.620. The summed E-state index contributed by atoms with van der Waals surface area (Å²) in [4.78, 5) is 52.3. The Balaban J connectivity index is 0.000000208. The highest BCUT2D eigenvalue weighted by Crippen LogP contribution is 2.29. The second kappa shape index (κ2) is 16.5. The van der Waals surface area contributed by atoms with E-state index in [9.17, 15) is 19.2 Å². The number of carbonyl (C=O) groups excluding carboxylic acids is 4. The number of nitrogens with zero attached hydrogens (tertiary/aromatic N) is 2. The average molecular weight is 727 g/mol. The third-order valence-electron chi connectivity index (χ3n) is 8.92. The standard InChI is InChI=1S/2C23H25NO3/c2*1-16-14-20(24(21(16)25)22(26)27-23(2,3)4)15-17-10-12-19(13-11-17)18-8-6-5-7-9-18/h5-14,20H,15H2,1-4H3;5-13,20H,1,14-15H2,2-4H3/t2*20-/m00/s1. The average Bonchev–Trinajstić information content (AvgIpc) is 3.56. The van der Waals surface area contributed by atoms with E-state index < -0.39 is 23.4 Å². The summed E-state index contributed by atoms with van der Waals surface area (Å²) in [6.07, 6.45) is 2.27. The molecule has 2 aliphatic rings. The van der Waals surface area contributed by atoms with E-state index in [1.54, 1.807) is 48.5 Å². The number of carbonyl (C=O) groups is 4. The molecule has 0 N–H and O–H groups in total. The van der Waals surface area contributed by atoms with Crippen LogP contribution in [0.15, 0.2) is 133 Å². The van der Waals surface area contributed by atoms with Crippen molar-refractivity contribution in [3.05, 3.63) is 144 Å². The van der Waals surface area contributed by atoms with Gasteiger partial charge in [0.1, 0.15) is 11.2 Å². The molecule has 4 amide bonds. The first-order valence-corrected chi connectivity index (χ1v) is 18.3. The molecular formula is C46H50N2O6. The van der Waals surface area contributed by atoms with Crippen molar-refractivity contribution in [1.29, 1.82) is 0 Å². The summed E-state index contributed by atoms with van der Waals surface area (Å²) < 4.78 is 10.8. The summed E-state index contributed by atoms with van der Waals surface area (Å²) in [5.41, 5.74) is 6.45. The molecule has 2 aliphatic heterocycles. The first kappa shape index (κ1) is 39.4. The molecule has 0 aromatic heterocycles. The maximum Gasteiger partial charge on any atom is 0.417 e. The number of imide groups is 2. The van der Waals surface area contributed by atoms with Crippen LogP contribution in [0.25, 0.3) is 22.3 Å². The van der Waals surface area contributed by atoms with Crippen molar-refractivity contribution < 1.29 is 28.7 Å². The van der Waals surface area contributed by atoms with E-state index in [0.717, 1.165) is 33.4 Å². The molecule has 0 unspecified atom stereocenters. The fourth-order valence-corrected chi connectivity index (χ4v) is 6.40. The van der Waals surface area contributed by atoms with Gasteiger partial charge in [-0.1, -0.05) is 122 Å². The summed E-state index contributed by atoms with van der Waals surface area (Å²) >= 11 is 0. The van der Waals surface area contributed by atoms with Gasteiger partial charge in [-0.2, -0.15) is 0 Å². The lowest BCUT2D eigenvalue weighted by molar-refractivity contribution is -0.126. The van der Waals surface area contributed by atoms with Gasteiger partial charge in [-0.3, -0.25) is 9.59 Å². The largest absolute Gasteiger partial charge is 0.443 e. The van der Waals surface area contributed by atoms with Gasteiger partial charge in [0, 0.05) is 11.1 Å². The molecule has 2 atom stereocenters. The van der Waals surface area contributed by atoms with Crippen LogP contribution in [-0.4, -0.2) is 57.1 Å². The second-order valence-corrected chi connectivity index (χ2v) is 15.7. The lowest BCUT2D eigenvalue weighted by Gasteiger charge is -2.27. The summed E-state index contributed by atoms with van der Waals surface area (Å²) in [6.45, 7) is 16.3. The Bertz CT molecular complexity index is 2000. The van der Waals surface area contributed by atoms with Gasteiger partial charge in [0.2, 0.25) is 0 Å². The monoisotopic (exact) mass is 726 g/mol. The van der Waals surface area contributed by atoms with Crippen LogP contribution in [0.2, 0.25) is 0 Å². The Morgan fingerprint density at radius 2 is 1.02 bits per heavy atom. The van der Waals surface area contributed by atoms with E-state index in [4.69, 9.17) is 9.47 Å². The number of likely N-dealkylation sites (tertiary alicyclic amines) is 1. The fraction of sp³-hybridized carbons (Fsp3) is 0.304. The van der Waals surface area contributed by atoms with Gasteiger partial charge in [-0.05, 0) is 101 Å². The van der Waals surface area contributed by atoms with Crippen molar-refractivity contribution in [3.63, 3.8) is 0 Å². The molecule has 0 saturated carbocycles. The van der Waals surface area contributed by atoms with Crippen molar-refractivity contribution in [2.75, 3.05) is 0 Å². The van der Waals surface area contributed by atoms with Gasteiger partial charge in [0.25, 0.3) is 11.8 Å². The molecular weight excluding hydrogens is 677 g/mol. The number of rotatable bonds is 6. The van der Waals surface area contributed by atoms with E-state index >= 15 is 0 Å². The molecule has 0 bridgehead atoms. The van der Waals surface area contributed by atoms with Crippen molar-refractivity contribution in [2.45, 2.75) is 91.0 Å². The molecule has 54 heavy (non-hydrogen) atoms. The number of amides is 4. The minimum Gasteiger partial charge on any atom is -0.443 e. The Kier molecular flexibility index (Phi) is 12.1. The third-order valence-corrected chi connectivity index (χ3v) is 8.92. The maximum absolute atomic E-state index is 12.5. The minimum absolute atomic E-state index is 0.262. The molecule has 6 rings (SSSR count). The molecule has 4 aromatic rings. The molecule has 280 valence electrons. The van der Waals surface area contributed by atoms with Crippen molar-refractivity contribution in [3.8, 4) is 22.3 Å². The van der Waals surface area contributed by atoms with Crippen LogP contribution in [0, 0.1) is 0 Å². The van der Waals surface area contributed by atoms with Crippen LogP contribution >= 0.6 is 0 Å². The SMILES string of the molecule is C=C1C[C@@H](Cc2ccc(-c3ccccc3)cc2)N(C(=O)OC(C)(C)C)C1=O.CC1=C[C@@H](Cc2ccc(-c3ccccc3)cc2)N(C(=O)OC(C)(C)C)C1=O. The van der Waals surface area contributed by atoms with Crippen molar-refractivity contribution in [1.82, 2.24) is 9.80 Å². The molecule has 1 fully saturated rings. The quantitative estimate of drug-likeness (QED) is 0.184. The first-order valence-electron chi connectivity index (χ1n) is 18.3. The molecule has 0 spiro atoms. The zero-order valence-electron chi connectivity index (χ0n) is 32.3. The van der Waals surface area contributed by atoms with Crippen molar-refractivity contribution in [2.24, 2.45) is 0 Å². The molecule has 8 heteroatoms. The normalized spacial score (nSPS) is 17.2. The number of hydrogen-bond donors (Lipinski definition) is 0. The van der Waals surface area contributed by atoms with Crippen molar-refractivity contribution >= 4 is 24.0 Å². The third kappa shape index (κ3) is 10.2. The van der Waals surface area contributed by atoms with Crippen LogP contribution < -0.4 is 0 Å². The predicted molar refractivity (Wildman–Crippen MR) is 212 cm³/mol. The summed E-state index contributed by atoms with van der Waals surface area (Å²) in [5, 5.41) is 0. The van der Waals surface area contributed by atoms with Gasteiger partial charge < -0.3 is 9.47 Å². The van der Waals surface area contributed by atoms with E-state index in [-0.39, 0.29) is 23.9 Å². The van der Waals surface area contributed by atoms with Gasteiger partial charge in [0.05, 0.1) is 12.1 Å². The maximum atomic E-state index is 12.5. The molecule has 8 nitrogen and oxygen atoms in total. The highest BCUT2D eigenvalue weighted by Gasteiger charge is 2.41. The fourth-order valence-electron chi connectivity index (χ4n) is 6.40. The lowest BCUT2D eigenvalue weighted by Crippen LogP contribution is -2.44. The Hall–Kier alpha value is -5.76. The Morgan fingerprint density at radius 3 is 1.46 bits per heavy atom. The molecule has 1 saturated heterocycles. The summed E-state index contributed by atoms with van der Waals surface area (Å²) in [7, 11) is 0. The van der Waals surface area contributed by atoms with Crippen LogP contribution in [0.5, 0.6) is 0 Å². The minimum atomic E-state index is -0.650. The summed E-state index contributed by atoms with van der Waals surface area (Å²) in [6, 6.07) is 36.2. The van der Waals surface area contributed by atoms with E-state index in [0.29, 0.717) is 30.4 Å². The molecule has 0 radical (unpaired) electrons. The first-order chi connectivity index (χ1) is 25.5. The van der Waals surface area contributed by atoms with Crippen LogP contribution in [0.3, 0.4) is 0 Å². The van der Waals surface area contributed by atoms with E-state index in [2.05, 4.69) is 55.1 Å². The van der Waals surface area contributed by atoms with Gasteiger partial charge in [0.15, 0.2) is 0 Å². The Morgan fingerprint density at radius 1 is 0.611 bits per heavy atom. The van der Waals surface area contributed by atoms with Gasteiger partial charge >= 0.3 is 12.2 Å². The highest BCUT2D eigenvalue weighted by atomic mass is 16.6. The van der Waals surface area contributed by atoms with Gasteiger partial charge in [-0.25, -0.2) is 19.4 Å². The van der Waals surface area contributed by atoms with Crippen LogP contribution in [0.4, 0.5) is 9.59 Å². The number of benzene rings is 4. The molecule has 2 heterocycles. The predicted octanol–water partition coefficient (Wildman–Crippen LogP) is 9.98. The topological polar surface area (TPSA) is 93.2 Å². The number of hydrogen-bond acceptors (Lipinski definition) is 6. The van der Waals surface area contributed by atoms with E-state index in [1.807, 2.05) is 66.7 Å². The second-order valence-electron chi connectivity index (χ2n) is 15.7. The zero-order valence-corrected chi connectivity index (χ0v) is 32.3. The highest BCUT2D eigenvalue weighted by molar-refractivity contribution is 6.05. The Labute approximate surface area is 319 Å². The van der Waals surface area contributed by atoms with E-state index in [1.165, 1.54) is 9.80 Å².